The lowest BCUT2D eigenvalue weighted by atomic mass is 10.2. The Morgan fingerprint density at radius 1 is 1.03 bits per heavy atom. The molecular weight excluding hydrogens is 457 g/mol. The molecule has 0 atom stereocenters. The molecule has 9 nitrogen and oxygen atoms in total. The molecule has 3 rings (SSSR count). The van der Waals surface area contributed by atoms with Gasteiger partial charge in [0.2, 0.25) is 11.9 Å². The monoisotopic (exact) mass is 477 g/mol. The highest BCUT2D eigenvalue weighted by Crippen LogP contribution is 2.30. The van der Waals surface area contributed by atoms with Crippen molar-refractivity contribution in [1.29, 1.82) is 0 Å². The van der Waals surface area contributed by atoms with Gasteiger partial charge >= 0.3 is 5.97 Å². The molecule has 0 radical (unpaired) electrons. The maximum absolute atomic E-state index is 12.5. The predicted molar refractivity (Wildman–Crippen MR) is 121 cm³/mol. The van der Waals surface area contributed by atoms with Crippen LogP contribution in [0.3, 0.4) is 0 Å². The minimum atomic E-state index is -0.582. The van der Waals surface area contributed by atoms with Crippen LogP contribution in [0.1, 0.15) is 21.7 Å². The first-order chi connectivity index (χ1) is 15.3. The average molecular weight is 478 g/mol. The summed E-state index contributed by atoms with van der Waals surface area (Å²) in [4.78, 5) is 26.3. The van der Waals surface area contributed by atoms with Gasteiger partial charge in [0.1, 0.15) is 6.61 Å². The van der Waals surface area contributed by atoms with E-state index in [1.54, 1.807) is 49.3 Å². The van der Waals surface area contributed by atoms with Gasteiger partial charge in [-0.3, -0.25) is 0 Å². The smallest absolute Gasteiger partial charge is 0.338 e. The highest BCUT2D eigenvalue weighted by atomic mass is 35.5. The van der Waals surface area contributed by atoms with Gasteiger partial charge in [0, 0.05) is 29.7 Å². The zero-order chi connectivity index (χ0) is 23.3. The Hall–Kier alpha value is -3.30. The van der Waals surface area contributed by atoms with Crippen LogP contribution in [0.15, 0.2) is 36.4 Å². The van der Waals surface area contributed by atoms with Crippen LogP contribution >= 0.6 is 23.2 Å². The molecular formula is C21H21Cl2N5O4. The van der Waals surface area contributed by atoms with E-state index in [0.717, 1.165) is 5.56 Å². The van der Waals surface area contributed by atoms with E-state index in [2.05, 4.69) is 15.0 Å². The quantitative estimate of drug-likeness (QED) is 0.484. The minimum absolute atomic E-state index is 0.0405. The number of esters is 1. The Balaban J connectivity index is 1.67. The molecule has 1 heterocycles. The van der Waals surface area contributed by atoms with E-state index in [-0.39, 0.29) is 30.5 Å². The van der Waals surface area contributed by atoms with Crippen molar-refractivity contribution in [3.8, 4) is 11.5 Å². The van der Waals surface area contributed by atoms with Gasteiger partial charge in [-0.15, -0.1) is 0 Å². The molecule has 1 aromatic heterocycles. The zero-order valence-electron chi connectivity index (χ0n) is 17.6. The fourth-order valence-electron chi connectivity index (χ4n) is 2.61. The van der Waals surface area contributed by atoms with Crippen LogP contribution in [0, 0.1) is 0 Å². The van der Waals surface area contributed by atoms with Gasteiger partial charge in [0.25, 0.3) is 0 Å². The van der Waals surface area contributed by atoms with Crippen LogP contribution in [-0.2, 0) is 18.0 Å². The highest BCUT2D eigenvalue weighted by Gasteiger charge is 2.15. The molecule has 168 valence electrons. The first-order valence-corrected chi connectivity index (χ1v) is 10.1. The summed E-state index contributed by atoms with van der Waals surface area (Å²) in [5.41, 5.74) is 6.71. The maximum atomic E-state index is 12.5. The molecule has 2 aromatic carbocycles. The first-order valence-electron chi connectivity index (χ1n) is 9.36. The average Bonchev–Trinajstić information content (AvgIpc) is 2.76. The van der Waals surface area contributed by atoms with Gasteiger partial charge in [-0.25, -0.2) is 4.79 Å². The van der Waals surface area contributed by atoms with Crippen LogP contribution in [-0.4, -0.2) is 42.1 Å². The fraction of sp³-hybridized carbons (Fsp3) is 0.238. The summed E-state index contributed by atoms with van der Waals surface area (Å²) in [6, 6.07) is 9.84. The molecule has 11 heteroatoms. The molecule has 0 aliphatic carbocycles. The number of benzene rings is 2. The largest absolute Gasteiger partial charge is 0.493 e. The number of ether oxygens (including phenoxy) is 3. The van der Waals surface area contributed by atoms with E-state index >= 15 is 0 Å². The van der Waals surface area contributed by atoms with E-state index in [4.69, 9.17) is 43.1 Å². The summed E-state index contributed by atoms with van der Waals surface area (Å²) in [7, 11) is 5.01. The SMILES string of the molecule is COc1cc(C(=O)OCc2nc(N)nc(N(C)C)n2)ccc1OCc1ccc(Cl)cc1Cl. The van der Waals surface area contributed by atoms with Crippen molar-refractivity contribution in [3.05, 3.63) is 63.4 Å². The maximum Gasteiger partial charge on any atom is 0.338 e. The molecule has 0 spiro atoms. The number of halogens is 2. The number of nitrogens with zero attached hydrogens (tertiary/aromatic N) is 4. The predicted octanol–water partition coefficient (Wildman–Crippen LogP) is 3.77. The number of carbonyl (C=O) groups excluding carboxylic acids is 1. The van der Waals surface area contributed by atoms with Crippen molar-refractivity contribution in [2.45, 2.75) is 13.2 Å². The lowest BCUT2D eigenvalue weighted by Crippen LogP contribution is -2.17. The molecule has 0 aliphatic heterocycles. The van der Waals surface area contributed by atoms with E-state index in [9.17, 15) is 4.79 Å². The first kappa shape index (κ1) is 23.4. The number of rotatable bonds is 8. The third-order valence-corrected chi connectivity index (χ3v) is 4.80. The number of hydrogen-bond donors (Lipinski definition) is 1. The van der Waals surface area contributed by atoms with Crippen molar-refractivity contribution < 1.29 is 19.0 Å². The zero-order valence-corrected chi connectivity index (χ0v) is 19.1. The second-order valence-electron chi connectivity index (χ2n) is 6.77. The Morgan fingerprint density at radius 3 is 2.50 bits per heavy atom. The minimum Gasteiger partial charge on any atom is -0.493 e. The van der Waals surface area contributed by atoms with Crippen molar-refractivity contribution in [1.82, 2.24) is 15.0 Å². The lowest BCUT2D eigenvalue weighted by Gasteiger charge is -2.13. The van der Waals surface area contributed by atoms with E-state index in [0.29, 0.717) is 27.5 Å². The number of aromatic nitrogens is 3. The molecule has 0 aliphatic rings. The summed E-state index contributed by atoms with van der Waals surface area (Å²) in [5, 5.41) is 1.03. The number of hydrogen-bond acceptors (Lipinski definition) is 9. The molecule has 0 saturated carbocycles. The van der Waals surface area contributed by atoms with Crippen LogP contribution in [0.4, 0.5) is 11.9 Å². The Kier molecular flexibility index (Phi) is 7.55. The number of methoxy groups -OCH3 is 1. The Bertz CT molecular complexity index is 1130. The molecule has 0 bridgehead atoms. The van der Waals surface area contributed by atoms with Crippen LogP contribution in [0.2, 0.25) is 10.0 Å². The third kappa shape index (κ3) is 5.89. The lowest BCUT2D eigenvalue weighted by molar-refractivity contribution is 0.0461. The Labute approximate surface area is 195 Å². The normalized spacial score (nSPS) is 10.5. The summed E-state index contributed by atoms with van der Waals surface area (Å²) < 4.78 is 16.5. The van der Waals surface area contributed by atoms with Crippen molar-refractivity contribution in [3.63, 3.8) is 0 Å². The second-order valence-corrected chi connectivity index (χ2v) is 7.61. The second kappa shape index (κ2) is 10.3. The van der Waals surface area contributed by atoms with Gasteiger partial charge in [0.05, 0.1) is 12.7 Å². The summed E-state index contributed by atoms with van der Waals surface area (Å²) in [6.45, 7) is 0.0349. The summed E-state index contributed by atoms with van der Waals surface area (Å²) in [5.74, 6) is 0.869. The van der Waals surface area contributed by atoms with Gasteiger partial charge in [-0.2, -0.15) is 15.0 Å². The topological polar surface area (TPSA) is 113 Å². The van der Waals surface area contributed by atoms with E-state index in [1.807, 2.05) is 0 Å². The molecule has 2 N–H and O–H groups in total. The van der Waals surface area contributed by atoms with Crippen molar-refractivity contribution in [2.24, 2.45) is 0 Å². The highest BCUT2D eigenvalue weighted by molar-refractivity contribution is 6.35. The summed E-state index contributed by atoms with van der Waals surface area (Å²) in [6.07, 6.45) is 0. The molecule has 0 fully saturated rings. The van der Waals surface area contributed by atoms with Crippen LogP contribution in [0.5, 0.6) is 11.5 Å². The number of nitrogen functional groups attached to an aromatic ring is 1. The fourth-order valence-corrected chi connectivity index (χ4v) is 3.07. The van der Waals surface area contributed by atoms with Gasteiger partial charge in [-0.1, -0.05) is 29.3 Å². The molecule has 0 amide bonds. The molecule has 0 saturated heterocycles. The number of nitrogens with two attached hydrogens (primary N) is 1. The van der Waals surface area contributed by atoms with Crippen LogP contribution < -0.4 is 20.1 Å². The van der Waals surface area contributed by atoms with Crippen LogP contribution in [0.25, 0.3) is 0 Å². The van der Waals surface area contributed by atoms with Crippen molar-refractivity contribution >= 4 is 41.1 Å². The van der Waals surface area contributed by atoms with E-state index < -0.39 is 5.97 Å². The van der Waals surface area contributed by atoms with E-state index in [1.165, 1.54) is 13.2 Å². The standard InChI is InChI=1S/C21H21Cl2N5O4/c1-28(2)21-26-18(25-20(24)27-21)11-32-19(29)12-5-7-16(17(8-12)30-3)31-10-13-4-6-14(22)9-15(13)23/h4-9H,10-11H2,1-3H3,(H2,24,25,26,27). The molecule has 32 heavy (non-hydrogen) atoms. The van der Waals surface area contributed by atoms with Gasteiger partial charge < -0.3 is 24.8 Å². The summed E-state index contributed by atoms with van der Waals surface area (Å²) >= 11 is 12.1. The molecule has 0 unspecified atom stereocenters. The van der Waals surface area contributed by atoms with Gasteiger partial charge in [0.15, 0.2) is 23.9 Å². The third-order valence-electron chi connectivity index (χ3n) is 4.22. The number of carbonyl (C=O) groups is 1. The van der Waals surface area contributed by atoms with Crippen molar-refractivity contribution in [2.75, 3.05) is 31.8 Å². The van der Waals surface area contributed by atoms with Gasteiger partial charge in [-0.05, 0) is 30.3 Å². The number of anilines is 2. The Morgan fingerprint density at radius 2 is 1.81 bits per heavy atom. The molecule has 3 aromatic rings.